The second-order valence-electron chi connectivity index (χ2n) is 2.50. The van der Waals surface area contributed by atoms with Crippen LogP contribution >= 0.6 is 0 Å². The maximum absolute atomic E-state index is 10.7. The van der Waals surface area contributed by atoms with Gasteiger partial charge in [0.25, 0.3) is 0 Å². The lowest BCUT2D eigenvalue weighted by Gasteiger charge is -2.03. The maximum Gasteiger partial charge on any atom is 0.339 e. The highest BCUT2D eigenvalue weighted by Crippen LogP contribution is 2.02. The van der Waals surface area contributed by atoms with Crippen LogP contribution in [0.3, 0.4) is 0 Å². The van der Waals surface area contributed by atoms with Gasteiger partial charge in [0.2, 0.25) is 0 Å². The molecule has 14 heavy (non-hydrogen) atoms. The maximum atomic E-state index is 10.7. The van der Waals surface area contributed by atoms with Gasteiger partial charge in [-0.2, -0.15) is 0 Å². The zero-order chi connectivity index (χ0) is 10.4. The first-order valence-corrected chi connectivity index (χ1v) is 3.92. The summed E-state index contributed by atoms with van der Waals surface area (Å²) in [5.41, 5.74) is 0.528. The fourth-order valence-corrected chi connectivity index (χ4v) is 0.928. The Balaban J connectivity index is 2.75. The molecule has 1 aromatic heterocycles. The molecule has 0 saturated heterocycles. The van der Waals surface area contributed by atoms with Crippen LogP contribution in [0, 0.1) is 12.3 Å². The van der Waals surface area contributed by atoms with Gasteiger partial charge in [0.1, 0.15) is 11.9 Å². The first-order chi connectivity index (χ1) is 6.75. The van der Waals surface area contributed by atoms with Crippen molar-refractivity contribution in [1.82, 2.24) is 15.3 Å². The molecule has 0 bridgehead atoms. The minimum atomic E-state index is -1.04. The molecule has 72 valence electrons. The Labute approximate surface area is 81.2 Å². The topological polar surface area (TPSA) is 75.1 Å². The predicted molar refractivity (Wildman–Crippen MR) is 49.5 cm³/mol. The average molecular weight is 191 g/mol. The molecular weight excluding hydrogens is 182 g/mol. The van der Waals surface area contributed by atoms with Crippen molar-refractivity contribution in [2.45, 2.75) is 6.54 Å². The summed E-state index contributed by atoms with van der Waals surface area (Å²) in [5.74, 6) is 1.35. The van der Waals surface area contributed by atoms with Crippen LogP contribution in [0.1, 0.15) is 16.1 Å². The summed E-state index contributed by atoms with van der Waals surface area (Å²) in [7, 11) is 0. The van der Waals surface area contributed by atoms with E-state index in [4.69, 9.17) is 11.5 Å². The monoisotopic (exact) mass is 191 g/mol. The molecule has 0 saturated carbocycles. The third-order valence-corrected chi connectivity index (χ3v) is 1.54. The molecule has 0 atom stereocenters. The number of terminal acetylenes is 1. The number of nitrogens with zero attached hydrogens (tertiary/aromatic N) is 2. The van der Waals surface area contributed by atoms with Crippen LogP contribution in [0.4, 0.5) is 0 Å². The van der Waals surface area contributed by atoms with E-state index in [0.717, 1.165) is 0 Å². The highest BCUT2D eigenvalue weighted by atomic mass is 16.4. The molecule has 0 aromatic carbocycles. The Kier molecular flexibility index (Phi) is 3.58. The molecular formula is C9H9N3O2. The first kappa shape index (κ1) is 10.2. The van der Waals surface area contributed by atoms with E-state index in [1.54, 1.807) is 0 Å². The number of carboxylic acids is 1. The van der Waals surface area contributed by atoms with Gasteiger partial charge < -0.3 is 10.4 Å². The van der Waals surface area contributed by atoms with Gasteiger partial charge in [0.05, 0.1) is 12.2 Å². The van der Waals surface area contributed by atoms with Gasteiger partial charge in [0, 0.05) is 12.7 Å². The molecule has 1 heterocycles. The van der Waals surface area contributed by atoms with Crippen LogP contribution in [0.15, 0.2) is 12.5 Å². The number of hydrogen-bond donors (Lipinski definition) is 2. The number of hydrogen-bond acceptors (Lipinski definition) is 4. The van der Waals surface area contributed by atoms with E-state index in [9.17, 15) is 4.79 Å². The molecule has 1 rings (SSSR count). The summed E-state index contributed by atoms with van der Waals surface area (Å²) in [5, 5.41) is 11.6. The van der Waals surface area contributed by atoms with Crippen molar-refractivity contribution in [2.24, 2.45) is 0 Å². The van der Waals surface area contributed by atoms with E-state index in [0.29, 0.717) is 18.8 Å². The molecule has 2 N–H and O–H groups in total. The molecule has 0 fully saturated rings. The van der Waals surface area contributed by atoms with Crippen molar-refractivity contribution in [3.8, 4) is 12.3 Å². The van der Waals surface area contributed by atoms with E-state index in [1.165, 1.54) is 12.5 Å². The van der Waals surface area contributed by atoms with Crippen molar-refractivity contribution in [3.63, 3.8) is 0 Å². The lowest BCUT2D eigenvalue weighted by molar-refractivity contribution is 0.0694. The number of rotatable bonds is 4. The molecule has 5 heteroatoms. The van der Waals surface area contributed by atoms with Crippen LogP contribution in [0.5, 0.6) is 0 Å². The van der Waals surface area contributed by atoms with Crippen molar-refractivity contribution < 1.29 is 9.90 Å². The van der Waals surface area contributed by atoms with E-state index in [1.807, 2.05) is 0 Å². The highest BCUT2D eigenvalue weighted by Gasteiger charge is 2.09. The van der Waals surface area contributed by atoms with E-state index < -0.39 is 5.97 Å². The first-order valence-electron chi connectivity index (χ1n) is 3.92. The van der Waals surface area contributed by atoms with Gasteiger partial charge in [0.15, 0.2) is 0 Å². The summed E-state index contributed by atoms with van der Waals surface area (Å²) in [6.07, 6.45) is 7.60. The quantitative estimate of drug-likeness (QED) is 0.513. The second kappa shape index (κ2) is 4.94. The zero-order valence-electron chi connectivity index (χ0n) is 7.40. The lowest BCUT2D eigenvalue weighted by Crippen LogP contribution is -2.17. The Morgan fingerprint density at radius 1 is 1.71 bits per heavy atom. The Hall–Kier alpha value is -1.93. The minimum absolute atomic E-state index is 0.0945. The molecule has 0 spiro atoms. The van der Waals surface area contributed by atoms with Gasteiger partial charge in [-0.1, -0.05) is 5.92 Å². The van der Waals surface area contributed by atoms with Crippen molar-refractivity contribution in [3.05, 3.63) is 23.8 Å². The van der Waals surface area contributed by atoms with Gasteiger partial charge in [-0.25, -0.2) is 14.8 Å². The minimum Gasteiger partial charge on any atom is -0.478 e. The summed E-state index contributed by atoms with van der Waals surface area (Å²) in [4.78, 5) is 18.2. The lowest BCUT2D eigenvalue weighted by atomic mass is 10.2. The largest absolute Gasteiger partial charge is 0.478 e. The van der Waals surface area contributed by atoms with Crippen molar-refractivity contribution >= 4 is 5.97 Å². The van der Waals surface area contributed by atoms with Crippen molar-refractivity contribution in [2.75, 3.05) is 6.54 Å². The normalized spacial score (nSPS) is 9.36. The summed E-state index contributed by atoms with van der Waals surface area (Å²) in [6, 6.07) is 0. The second-order valence-corrected chi connectivity index (χ2v) is 2.50. The van der Waals surface area contributed by atoms with Gasteiger partial charge in [-0.3, -0.25) is 0 Å². The summed E-state index contributed by atoms with van der Waals surface area (Å²) in [6.45, 7) is 0.706. The van der Waals surface area contributed by atoms with E-state index in [-0.39, 0.29) is 5.56 Å². The molecule has 0 amide bonds. The molecule has 0 aliphatic rings. The molecule has 0 aliphatic heterocycles. The van der Waals surface area contributed by atoms with Crippen LogP contribution < -0.4 is 5.32 Å². The number of carbonyl (C=O) groups is 1. The van der Waals surface area contributed by atoms with Gasteiger partial charge in [-0.05, 0) is 0 Å². The molecule has 1 aromatic rings. The van der Waals surface area contributed by atoms with Crippen LogP contribution in [-0.4, -0.2) is 27.6 Å². The summed E-state index contributed by atoms with van der Waals surface area (Å²) >= 11 is 0. The smallest absolute Gasteiger partial charge is 0.339 e. The van der Waals surface area contributed by atoms with Crippen LogP contribution in [0.2, 0.25) is 0 Å². The Morgan fingerprint density at radius 2 is 2.50 bits per heavy atom. The molecule has 5 nitrogen and oxygen atoms in total. The van der Waals surface area contributed by atoms with E-state index in [2.05, 4.69) is 21.2 Å². The third kappa shape index (κ3) is 2.54. The Bertz CT molecular complexity index is 371. The highest BCUT2D eigenvalue weighted by molar-refractivity contribution is 5.88. The number of nitrogens with one attached hydrogen (secondary N) is 1. The SMILES string of the molecule is C#CCNCc1ncncc1C(=O)O. The fourth-order valence-electron chi connectivity index (χ4n) is 0.928. The molecule has 0 radical (unpaired) electrons. The summed E-state index contributed by atoms with van der Waals surface area (Å²) < 4.78 is 0. The molecule has 0 aliphatic carbocycles. The van der Waals surface area contributed by atoms with E-state index >= 15 is 0 Å². The van der Waals surface area contributed by atoms with Crippen molar-refractivity contribution in [1.29, 1.82) is 0 Å². The number of aromatic carboxylic acids is 1. The van der Waals surface area contributed by atoms with Crippen LogP contribution in [-0.2, 0) is 6.54 Å². The average Bonchev–Trinajstić information content (AvgIpc) is 2.19. The van der Waals surface area contributed by atoms with Gasteiger partial charge >= 0.3 is 5.97 Å². The number of carboxylic acid groups (broad SMARTS) is 1. The fraction of sp³-hybridized carbons (Fsp3) is 0.222. The zero-order valence-corrected chi connectivity index (χ0v) is 7.40. The van der Waals surface area contributed by atoms with Gasteiger partial charge in [-0.15, -0.1) is 6.42 Å². The molecule has 0 unspecified atom stereocenters. The Morgan fingerprint density at radius 3 is 3.14 bits per heavy atom. The third-order valence-electron chi connectivity index (χ3n) is 1.54. The predicted octanol–water partition coefficient (Wildman–Crippen LogP) is -0.102. The van der Waals surface area contributed by atoms with Crippen LogP contribution in [0.25, 0.3) is 0 Å². The number of aromatic nitrogens is 2. The standard InChI is InChI=1S/C9H9N3O2/c1-2-3-10-5-8-7(9(13)14)4-11-6-12-8/h1,4,6,10H,3,5H2,(H,13,14).